The summed E-state index contributed by atoms with van der Waals surface area (Å²) in [7, 11) is 0. The summed E-state index contributed by atoms with van der Waals surface area (Å²) in [5, 5.41) is 0. The van der Waals surface area contributed by atoms with E-state index < -0.39 is 0 Å². The highest BCUT2D eigenvalue weighted by molar-refractivity contribution is 9.10. The molecule has 0 atom stereocenters. The molecule has 21 heavy (non-hydrogen) atoms. The number of hydrogen-bond acceptors (Lipinski definition) is 2. The van der Waals surface area contributed by atoms with Crippen molar-refractivity contribution in [1.29, 1.82) is 0 Å². The second-order valence-corrected chi connectivity index (χ2v) is 7.58. The monoisotopic (exact) mass is 352 g/mol. The van der Waals surface area contributed by atoms with Gasteiger partial charge < -0.3 is 5.73 Å². The summed E-state index contributed by atoms with van der Waals surface area (Å²) in [5.41, 5.74) is 8.31. The molecule has 1 saturated carbocycles. The van der Waals surface area contributed by atoms with Gasteiger partial charge in [0.15, 0.2) is 0 Å². The van der Waals surface area contributed by atoms with E-state index >= 15 is 0 Å². The molecule has 0 amide bonds. The average Bonchev–Trinajstić information content (AvgIpc) is 2.98. The van der Waals surface area contributed by atoms with Crippen LogP contribution in [-0.4, -0.2) is 17.5 Å². The van der Waals surface area contributed by atoms with E-state index in [-0.39, 0.29) is 0 Å². The van der Waals surface area contributed by atoms with Crippen molar-refractivity contribution in [3.63, 3.8) is 0 Å². The zero-order valence-electron chi connectivity index (χ0n) is 13.4. The Balaban J connectivity index is 2.06. The zero-order chi connectivity index (χ0) is 15.2. The Labute approximate surface area is 138 Å². The van der Waals surface area contributed by atoms with E-state index in [2.05, 4.69) is 52.9 Å². The highest BCUT2D eigenvalue weighted by Crippen LogP contribution is 2.28. The van der Waals surface area contributed by atoms with Gasteiger partial charge in [0, 0.05) is 23.6 Å². The molecule has 2 nitrogen and oxygen atoms in total. The van der Waals surface area contributed by atoms with Gasteiger partial charge in [-0.25, -0.2) is 0 Å². The Bertz CT molecular complexity index is 439. The Hall–Kier alpha value is -0.380. The minimum absolute atomic E-state index is 0.610. The van der Waals surface area contributed by atoms with Gasteiger partial charge in [-0.15, -0.1) is 0 Å². The SMILES string of the molecule is CC(C)CCN(Cc1ccc(CN)cc1Br)C1CCCC1. The van der Waals surface area contributed by atoms with Gasteiger partial charge in [0.1, 0.15) is 0 Å². The first-order valence-corrected chi connectivity index (χ1v) is 9.11. The van der Waals surface area contributed by atoms with Gasteiger partial charge in [0.2, 0.25) is 0 Å². The van der Waals surface area contributed by atoms with E-state index in [0.717, 1.165) is 18.5 Å². The summed E-state index contributed by atoms with van der Waals surface area (Å²) in [4.78, 5) is 2.70. The first-order valence-electron chi connectivity index (χ1n) is 8.31. The molecule has 3 heteroatoms. The van der Waals surface area contributed by atoms with Gasteiger partial charge in [-0.1, -0.05) is 54.8 Å². The van der Waals surface area contributed by atoms with Gasteiger partial charge in [0.05, 0.1) is 0 Å². The molecular formula is C18H29BrN2. The summed E-state index contributed by atoms with van der Waals surface area (Å²) in [6.45, 7) is 7.52. The molecule has 0 saturated heterocycles. The number of benzene rings is 1. The number of hydrogen-bond donors (Lipinski definition) is 1. The fourth-order valence-electron chi connectivity index (χ4n) is 3.15. The maximum Gasteiger partial charge on any atom is 0.0247 e. The molecule has 118 valence electrons. The number of rotatable bonds is 7. The van der Waals surface area contributed by atoms with Crippen LogP contribution in [0.1, 0.15) is 57.1 Å². The van der Waals surface area contributed by atoms with Crippen LogP contribution in [0, 0.1) is 5.92 Å². The molecule has 2 N–H and O–H groups in total. The van der Waals surface area contributed by atoms with Crippen LogP contribution < -0.4 is 5.73 Å². The third-order valence-electron chi connectivity index (χ3n) is 4.56. The predicted octanol–water partition coefficient (Wildman–Crippen LogP) is 4.70. The first-order chi connectivity index (χ1) is 10.1. The zero-order valence-corrected chi connectivity index (χ0v) is 15.0. The van der Waals surface area contributed by atoms with Gasteiger partial charge in [-0.3, -0.25) is 4.90 Å². The minimum atomic E-state index is 0.610. The molecular weight excluding hydrogens is 324 g/mol. The van der Waals surface area contributed by atoms with E-state index in [4.69, 9.17) is 5.73 Å². The van der Waals surface area contributed by atoms with Crippen LogP contribution in [0.4, 0.5) is 0 Å². The molecule has 0 aromatic heterocycles. The molecule has 0 spiro atoms. The molecule has 1 aromatic carbocycles. The van der Waals surface area contributed by atoms with E-state index in [9.17, 15) is 0 Å². The molecule has 2 rings (SSSR count). The van der Waals surface area contributed by atoms with Crippen LogP contribution in [0.2, 0.25) is 0 Å². The van der Waals surface area contributed by atoms with Crippen LogP contribution in [0.5, 0.6) is 0 Å². The summed E-state index contributed by atoms with van der Waals surface area (Å²) >= 11 is 3.72. The van der Waals surface area contributed by atoms with Crippen LogP contribution in [0.3, 0.4) is 0 Å². The molecule has 1 aliphatic carbocycles. The first kappa shape index (κ1) is 17.0. The molecule has 0 bridgehead atoms. The van der Waals surface area contributed by atoms with Crippen molar-refractivity contribution >= 4 is 15.9 Å². The highest BCUT2D eigenvalue weighted by Gasteiger charge is 2.23. The fourth-order valence-corrected chi connectivity index (χ4v) is 3.70. The molecule has 0 unspecified atom stereocenters. The van der Waals surface area contributed by atoms with Crippen LogP contribution in [-0.2, 0) is 13.1 Å². The Morgan fingerprint density at radius 3 is 2.57 bits per heavy atom. The van der Waals surface area contributed by atoms with Crippen molar-refractivity contribution in [3.05, 3.63) is 33.8 Å². The quantitative estimate of drug-likeness (QED) is 0.770. The van der Waals surface area contributed by atoms with Gasteiger partial charge in [-0.2, -0.15) is 0 Å². The summed E-state index contributed by atoms with van der Waals surface area (Å²) < 4.78 is 1.21. The van der Waals surface area contributed by atoms with Crippen LogP contribution in [0.25, 0.3) is 0 Å². The number of halogens is 1. The topological polar surface area (TPSA) is 29.3 Å². The van der Waals surface area contributed by atoms with Gasteiger partial charge in [-0.05, 0) is 48.9 Å². The molecule has 0 aliphatic heterocycles. The van der Waals surface area contributed by atoms with Crippen molar-refractivity contribution in [3.8, 4) is 0 Å². The standard InChI is InChI=1S/C18H29BrN2/c1-14(2)9-10-21(17-5-3-4-6-17)13-16-8-7-15(12-20)11-18(16)19/h7-8,11,14,17H,3-6,9-10,12-13,20H2,1-2H3. The molecule has 0 radical (unpaired) electrons. The van der Waals surface area contributed by atoms with Gasteiger partial charge >= 0.3 is 0 Å². The van der Waals surface area contributed by atoms with Gasteiger partial charge in [0.25, 0.3) is 0 Å². The summed E-state index contributed by atoms with van der Waals surface area (Å²) in [6, 6.07) is 7.36. The third kappa shape index (κ3) is 5.08. The maximum atomic E-state index is 5.72. The number of nitrogens with two attached hydrogens (primary N) is 1. The molecule has 0 heterocycles. The third-order valence-corrected chi connectivity index (χ3v) is 5.30. The largest absolute Gasteiger partial charge is 0.326 e. The van der Waals surface area contributed by atoms with Crippen LogP contribution >= 0.6 is 15.9 Å². The van der Waals surface area contributed by atoms with E-state index in [0.29, 0.717) is 6.54 Å². The predicted molar refractivity (Wildman–Crippen MR) is 94.2 cm³/mol. The van der Waals surface area contributed by atoms with Crippen molar-refractivity contribution < 1.29 is 0 Å². The maximum absolute atomic E-state index is 5.72. The number of nitrogens with zero attached hydrogens (tertiary/aromatic N) is 1. The van der Waals surface area contributed by atoms with Crippen molar-refractivity contribution in [2.45, 2.75) is 65.1 Å². The van der Waals surface area contributed by atoms with E-state index in [1.54, 1.807) is 0 Å². The minimum Gasteiger partial charge on any atom is -0.326 e. The second kappa shape index (κ2) is 8.30. The Morgan fingerprint density at radius 1 is 1.29 bits per heavy atom. The molecule has 1 fully saturated rings. The summed E-state index contributed by atoms with van der Waals surface area (Å²) in [6.07, 6.45) is 6.83. The molecule has 1 aliphatic rings. The lowest BCUT2D eigenvalue weighted by Crippen LogP contribution is -2.34. The summed E-state index contributed by atoms with van der Waals surface area (Å²) in [5.74, 6) is 0.775. The van der Waals surface area contributed by atoms with E-state index in [1.165, 1.54) is 54.2 Å². The smallest absolute Gasteiger partial charge is 0.0247 e. The second-order valence-electron chi connectivity index (χ2n) is 6.72. The molecule has 1 aromatic rings. The average molecular weight is 353 g/mol. The lowest BCUT2D eigenvalue weighted by molar-refractivity contribution is 0.179. The lowest BCUT2D eigenvalue weighted by Gasteiger charge is -2.30. The Morgan fingerprint density at radius 2 is 2.00 bits per heavy atom. The lowest BCUT2D eigenvalue weighted by atomic mass is 10.1. The fraction of sp³-hybridized carbons (Fsp3) is 0.667. The van der Waals surface area contributed by atoms with Crippen molar-refractivity contribution in [2.24, 2.45) is 11.7 Å². The van der Waals surface area contributed by atoms with Crippen molar-refractivity contribution in [1.82, 2.24) is 4.90 Å². The van der Waals surface area contributed by atoms with Crippen molar-refractivity contribution in [2.75, 3.05) is 6.54 Å². The van der Waals surface area contributed by atoms with E-state index in [1.807, 2.05) is 0 Å². The highest BCUT2D eigenvalue weighted by atomic mass is 79.9. The van der Waals surface area contributed by atoms with Crippen LogP contribution in [0.15, 0.2) is 22.7 Å². The normalized spacial score (nSPS) is 16.3. The Kier molecular flexibility index (Phi) is 6.72.